The van der Waals surface area contributed by atoms with Gasteiger partial charge in [0.25, 0.3) is 5.91 Å². The first-order valence-electron chi connectivity index (χ1n) is 7.85. The molecule has 3 aromatic rings. The highest BCUT2D eigenvalue weighted by molar-refractivity contribution is 7.15. The van der Waals surface area contributed by atoms with Crippen molar-refractivity contribution in [2.75, 3.05) is 10.6 Å². The summed E-state index contributed by atoms with van der Waals surface area (Å²) in [6.07, 6.45) is 0. The van der Waals surface area contributed by atoms with Crippen LogP contribution in [-0.4, -0.2) is 20.9 Å². The molecule has 0 aliphatic heterocycles. The highest BCUT2D eigenvalue weighted by Gasteiger charge is 2.10. The number of carbonyl (C=O) groups excluding carboxylic acids is 1. The number of carbonyl (C=O) groups is 1. The lowest BCUT2D eigenvalue weighted by Gasteiger charge is -2.07. The summed E-state index contributed by atoms with van der Waals surface area (Å²) in [5, 5.41) is 6.59. The normalized spacial score (nSPS) is 10.6. The van der Waals surface area contributed by atoms with Gasteiger partial charge in [0.2, 0.25) is 5.95 Å². The second-order valence-corrected chi connectivity index (χ2v) is 6.99. The number of nitrogens with zero attached hydrogens (tertiary/aromatic N) is 3. The lowest BCUT2D eigenvalue weighted by Crippen LogP contribution is -2.11. The zero-order chi connectivity index (χ0) is 18.0. The highest BCUT2D eigenvalue weighted by atomic mass is 32.1. The van der Waals surface area contributed by atoms with Gasteiger partial charge in [0, 0.05) is 27.5 Å². The van der Waals surface area contributed by atoms with Crippen LogP contribution in [0.25, 0.3) is 0 Å². The first-order chi connectivity index (χ1) is 11.9. The molecule has 2 N–H and O–H groups in total. The molecule has 0 saturated carbocycles. The quantitative estimate of drug-likeness (QED) is 0.736. The SMILES string of the molecule is Cc1cc(C)nc(Nc2ccc(C(=O)Nc3nc(C)c(C)s3)cc2)n1. The van der Waals surface area contributed by atoms with Crippen LogP contribution in [0.3, 0.4) is 0 Å². The molecule has 1 aromatic carbocycles. The van der Waals surface area contributed by atoms with E-state index in [-0.39, 0.29) is 5.91 Å². The topological polar surface area (TPSA) is 79.8 Å². The van der Waals surface area contributed by atoms with E-state index in [2.05, 4.69) is 25.6 Å². The Hall–Kier alpha value is -2.80. The molecule has 0 aliphatic carbocycles. The van der Waals surface area contributed by atoms with Gasteiger partial charge >= 0.3 is 0 Å². The van der Waals surface area contributed by atoms with Crippen molar-refractivity contribution < 1.29 is 4.79 Å². The van der Waals surface area contributed by atoms with Crippen molar-refractivity contribution in [3.05, 3.63) is 57.9 Å². The fourth-order valence-corrected chi connectivity index (χ4v) is 3.12. The summed E-state index contributed by atoms with van der Waals surface area (Å²) in [6, 6.07) is 9.09. The van der Waals surface area contributed by atoms with Crippen molar-refractivity contribution in [2.24, 2.45) is 0 Å². The molecular formula is C18H19N5OS. The van der Waals surface area contributed by atoms with Gasteiger partial charge in [0.05, 0.1) is 5.69 Å². The van der Waals surface area contributed by atoms with Crippen molar-refractivity contribution in [2.45, 2.75) is 27.7 Å². The van der Waals surface area contributed by atoms with Crippen molar-refractivity contribution in [1.82, 2.24) is 15.0 Å². The van der Waals surface area contributed by atoms with Crippen LogP contribution in [0.4, 0.5) is 16.8 Å². The number of hydrogen-bond acceptors (Lipinski definition) is 6. The van der Waals surface area contributed by atoms with Gasteiger partial charge in [0.15, 0.2) is 5.13 Å². The van der Waals surface area contributed by atoms with Crippen molar-refractivity contribution >= 4 is 34.0 Å². The zero-order valence-corrected chi connectivity index (χ0v) is 15.4. The molecule has 2 aromatic heterocycles. The van der Waals surface area contributed by atoms with Crippen LogP contribution in [0.1, 0.15) is 32.3 Å². The molecule has 25 heavy (non-hydrogen) atoms. The standard InChI is InChI=1S/C18H19N5OS/c1-10-9-11(2)20-17(19-10)22-15-7-5-14(6-8-15)16(24)23-18-21-12(3)13(4)25-18/h5-9H,1-4H3,(H,19,20,22)(H,21,23,24). The Labute approximate surface area is 150 Å². The molecule has 0 saturated heterocycles. The largest absolute Gasteiger partial charge is 0.324 e. The molecule has 0 atom stereocenters. The molecule has 0 radical (unpaired) electrons. The molecule has 7 heteroatoms. The van der Waals surface area contributed by atoms with Crippen molar-refractivity contribution in [1.29, 1.82) is 0 Å². The van der Waals surface area contributed by atoms with Crippen LogP contribution in [0.15, 0.2) is 30.3 Å². The molecule has 0 bridgehead atoms. The van der Waals surface area contributed by atoms with E-state index in [1.54, 1.807) is 12.1 Å². The molecule has 3 rings (SSSR count). The van der Waals surface area contributed by atoms with Gasteiger partial charge in [-0.3, -0.25) is 10.1 Å². The molecule has 0 fully saturated rings. The van der Waals surface area contributed by atoms with E-state index in [4.69, 9.17) is 0 Å². The van der Waals surface area contributed by atoms with E-state index < -0.39 is 0 Å². The minimum atomic E-state index is -0.178. The summed E-state index contributed by atoms with van der Waals surface area (Å²) < 4.78 is 0. The number of rotatable bonds is 4. The number of hydrogen-bond donors (Lipinski definition) is 2. The summed E-state index contributed by atoms with van der Waals surface area (Å²) in [5.41, 5.74) is 4.13. The third kappa shape index (κ3) is 4.19. The van der Waals surface area contributed by atoms with E-state index in [0.29, 0.717) is 16.6 Å². The first-order valence-corrected chi connectivity index (χ1v) is 8.67. The average Bonchev–Trinajstić information content (AvgIpc) is 2.84. The van der Waals surface area contributed by atoms with Crippen LogP contribution in [0, 0.1) is 27.7 Å². The lowest BCUT2D eigenvalue weighted by molar-refractivity contribution is 0.102. The Morgan fingerprint density at radius 3 is 2.16 bits per heavy atom. The third-order valence-electron chi connectivity index (χ3n) is 3.63. The first kappa shape index (κ1) is 17.0. The Morgan fingerprint density at radius 2 is 1.60 bits per heavy atom. The minimum absolute atomic E-state index is 0.178. The summed E-state index contributed by atoms with van der Waals surface area (Å²) in [5.74, 6) is 0.367. The van der Waals surface area contributed by atoms with E-state index in [1.165, 1.54) is 11.3 Å². The van der Waals surface area contributed by atoms with Gasteiger partial charge in [-0.2, -0.15) is 0 Å². The average molecular weight is 353 g/mol. The summed E-state index contributed by atoms with van der Waals surface area (Å²) >= 11 is 1.47. The Balaban J connectivity index is 1.69. The summed E-state index contributed by atoms with van der Waals surface area (Å²) in [7, 11) is 0. The Kier molecular flexibility index (Phi) is 4.76. The van der Waals surface area contributed by atoms with Crippen LogP contribution in [-0.2, 0) is 0 Å². The lowest BCUT2D eigenvalue weighted by atomic mass is 10.2. The number of thiazole rings is 1. The molecular weight excluding hydrogens is 334 g/mol. The predicted molar refractivity (Wildman–Crippen MR) is 101 cm³/mol. The summed E-state index contributed by atoms with van der Waals surface area (Å²) in [6.45, 7) is 7.76. The third-order valence-corrected chi connectivity index (χ3v) is 4.62. The fourth-order valence-electron chi connectivity index (χ4n) is 2.31. The molecule has 2 heterocycles. The fraction of sp³-hybridized carbons (Fsp3) is 0.222. The van der Waals surface area contributed by atoms with E-state index in [9.17, 15) is 4.79 Å². The van der Waals surface area contributed by atoms with E-state index in [0.717, 1.165) is 27.6 Å². The van der Waals surface area contributed by atoms with Crippen LogP contribution >= 0.6 is 11.3 Å². The van der Waals surface area contributed by atoms with E-state index >= 15 is 0 Å². The molecule has 0 unspecified atom stereocenters. The molecule has 1 amide bonds. The number of aryl methyl sites for hydroxylation is 4. The van der Waals surface area contributed by atoms with E-state index in [1.807, 2.05) is 45.9 Å². The maximum atomic E-state index is 12.3. The number of anilines is 3. The van der Waals surface area contributed by atoms with Crippen LogP contribution in [0.5, 0.6) is 0 Å². The van der Waals surface area contributed by atoms with Gasteiger partial charge in [-0.15, -0.1) is 11.3 Å². The number of amides is 1. The van der Waals surface area contributed by atoms with Crippen LogP contribution in [0.2, 0.25) is 0 Å². The second-order valence-electron chi connectivity index (χ2n) is 5.79. The molecule has 128 valence electrons. The summed E-state index contributed by atoms with van der Waals surface area (Å²) in [4.78, 5) is 26.4. The Bertz CT molecular complexity index is 878. The number of aromatic nitrogens is 3. The number of benzene rings is 1. The molecule has 0 spiro atoms. The van der Waals surface area contributed by atoms with Crippen molar-refractivity contribution in [3.63, 3.8) is 0 Å². The molecule has 6 nitrogen and oxygen atoms in total. The monoisotopic (exact) mass is 353 g/mol. The smallest absolute Gasteiger partial charge is 0.257 e. The highest BCUT2D eigenvalue weighted by Crippen LogP contribution is 2.22. The van der Waals surface area contributed by atoms with Gasteiger partial charge in [-0.1, -0.05) is 0 Å². The Morgan fingerprint density at radius 1 is 0.960 bits per heavy atom. The van der Waals surface area contributed by atoms with Gasteiger partial charge < -0.3 is 5.32 Å². The van der Waals surface area contributed by atoms with Gasteiger partial charge in [0.1, 0.15) is 0 Å². The van der Waals surface area contributed by atoms with Gasteiger partial charge in [-0.25, -0.2) is 15.0 Å². The maximum Gasteiger partial charge on any atom is 0.257 e. The van der Waals surface area contributed by atoms with Crippen molar-refractivity contribution in [3.8, 4) is 0 Å². The zero-order valence-electron chi connectivity index (χ0n) is 14.5. The molecule has 0 aliphatic rings. The van der Waals surface area contributed by atoms with Crippen LogP contribution < -0.4 is 10.6 Å². The second kappa shape index (κ2) is 6.98. The maximum absolute atomic E-state index is 12.3. The van der Waals surface area contributed by atoms with Gasteiger partial charge in [-0.05, 0) is 58.0 Å². The predicted octanol–water partition coefficient (Wildman–Crippen LogP) is 4.16. The minimum Gasteiger partial charge on any atom is -0.324 e. The number of nitrogens with one attached hydrogen (secondary N) is 2.